The van der Waals surface area contributed by atoms with Gasteiger partial charge in [0.2, 0.25) is 0 Å². The molecule has 0 radical (unpaired) electrons. The van der Waals surface area contributed by atoms with Crippen LogP contribution in [-0.4, -0.2) is 6.29 Å². The Bertz CT molecular complexity index is 468. The summed E-state index contributed by atoms with van der Waals surface area (Å²) in [5, 5.41) is 0. The fraction of sp³-hybridized carbons (Fsp3) is 0. The number of carbonyl (C=O) groups excluding carboxylic acids is 1. The van der Waals surface area contributed by atoms with Crippen molar-refractivity contribution in [2.75, 3.05) is 0 Å². The van der Waals surface area contributed by atoms with E-state index < -0.39 is 0 Å². The van der Waals surface area contributed by atoms with Crippen LogP contribution in [0, 0.1) is 0 Å². The molecule has 0 spiro atoms. The third-order valence-corrected chi connectivity index (χ3v) is 4.48. The Labute approximate surface area is 103 Å². The maximum atomic E-state index is 10.8. The van der Waals surface area contributed by atoms with Crippen molar-refractivity contribution in [3.8, 4) is 0 Å². The first-order chi connectivity index (χ1) is 7.90. The van der Waals surface area contributed by atoms with E-state index in [1.54, 1.807) is 21.6 Å². The van der Waals surface area contributed by atoms with Gasteiger partial charge in [-0.3, -0.25) is 4.79 Å². The third-order valence-electron chi connectivity index (χ3n) is 2.02. The van der Waals surface area contributed by atoms with Gasteiger partial charge in [-0.05, 0) is 18.2 Å². The predicted octanol–water partition coefficient (Wildman–Crippen LogP) is 4.30. The highest BCUT2D eigenvalue weighted by Crippen LogP contribution is 2.38. The molecule has 0 atom stereocenters. The van der Waals surface area contributed by atoms with E-state index in [1.807, 2.05) is 42.5 Å². The highest BCUT2D eigenvalue weighted by atomic mass is 33.1. The van der Waals surface area contributed by atoms with Gasteiger partial charge in [0.15, 0.2) is 6.29 Å². The minimum Gasteiger partial charge on any atom is -0.298 e. The van der Waals surface area contributed by atoms with Crippen LogP contribution in [-0.2, 0) is 0 Å². The van der Waals surface area contributed by atoms with Gasteiger partial charge in [0.05, 0.1) is 0 Å². The van der Waals surface area contributed by atoms with Crippen molar-refractivity contribution in [2.45, 2.75) is 9.79 Å². The van der Waals surface area contributed by atoms with Crippen molar-refractivity contribution >= 4 is 27.9 Å². The standard InChI is InChI=1S/C13H10OS2/c14-10-11-6-4-5-9-13(11)16-15-12-7-2-1-3-8-12/h1-10H. The Hall–Kier alpha value is -1.19. The van der Waals surface area contributed by atoms with Crippen LogP contribution in [0.5, 0.6) is 0 Å². The maximum Gasteiger partial charge on any atom is 0.151 e. The number of hydrogen-bond acceptors (Lipinski definition) is 3. The summed E-state index contributed by atoms with van der Waals surface area (Å²) in [7, 11) is 3.27. The molecule has 0 aromatic heterocycles. The molecule has 2 rings (SSSR count). The third kappa shape index (κ3) is 2.90. The number of carbonyl (C=O) groups is 1. The molecule has 0 amide bonds. The topological polar surface area (TPSA) is 17.1 Å². The van der Waals surface area contributed by atoms with Gasteiger partial charge in [0.1, 0.15) is 0 Å². The second-order valence-electron chi connectivity index (χ2n) is 3.14. The summed E-state index contributed by atoms with van der Waals surface area (Å²) in [4.78, 5) is 13.0. The molecule has 0 unspecified atom stereocenters. The minimum atomic E-state index is 0.746. The van der Waals surface area contributed by atoms with Gasteiger partial charge < -0.3 is 0 Å². The van der Waals surface area contributed by atoms with Crippen LogP contribution in [0.3, 0.4) is 0 Å². The summed E-state index contributed by atoms with van der Waals surface area (Å²) >= 11 is 0. The Kier molecular flexibility index (Phi) is 4.08. The van der Waals surface area contributed by atoms with Crippen molar-refractivity contribution < 1.29 is 4.79 Å². The molecule has 0 N–H and O–H groups in total. The molecule has 0 fully saturated rings. The molecule has 2 aromatic carbocycles. The first-order valence-electron chi connectivity index (χ1n) is 4.84. The molecule has 0 saturated heterocycles. The largest absolute Gasteiger partial charge is 0.298 e. The van der Waals surface area contributed by atoms with Crippen molar-refractivity contribution in [3.63, 3.8) is 0 Å². The number of benzene rings is 2. The van der Waals surface area contributed by atoms with Crippen LogP contribution in [0.25, 0.3) is 0 Å². The summed E-state index contributed by atoms with van der Waals surface area (Å²) < 4.78 is 0. The predicted molar refractivity (Wildman–Crippen MR) is 70.0 cm³/mol. The summed E-state index contributed by atoms with van der Waals surface area (Å²) in [6.45, 7) is 0. The molecule has 2 aromatic rings. The second kappa shape index (κ2) is 5.77. The molecule has 0 heterocycles. The van der Waals surface area contributed by atoms with Crippen LogP contribution in [0.1, 0.15) is 10.4 Å². The van der Waals surface area contributed by atoms with E-state index in [1.165, 1.54) is 4.90 Å². The number of rotatable bonds is 4. The highest BCUT2D eigenvalue weighted by molar-refractivity contribution is 8.76. The monoisotopic (exact) mass is 246 g/mol. The molecular weight excluding hydrogens is 236 g/mol. The first-order valence-corrected chi connectivity index (χ1v) is 6.99. The van der Waals surface area contributed by atoms with E-state index in [-0.39, 0.29) is 0 Å². The van der Waals surface area contributed by atoms with Crippen molar-refractivity contribution in [1.29, 1.82) is 0 Å². The Balaban J connectivity index is 2.08. The van der Waals surface area contributed by atoms with Gasteiger partial charge >= 0.3 is 0 Å². The molecule has 0 saturated carbocycles. The van der Waals surface area contributed by atoms with Gasteiger partial charge in [-0.2, -0.15) is 0 Å². The van der Waals surface area contributed by atoms with Crippen LogP contribution >= 0.6 is 21.6 Å². The van der Waals surface area contributed by atoms with Gasteiger partial charge in [-0.15, -0.1) is 0 Å². The molecule has 0 aliphatic carbocycles. The molecule has 16 heavy (non-hydrogen) atoms. The van der Waals surface area contributed by atoms with Crippen LogP contribution in [0.2, 0.25) is 0 Å². The summed E-state index contributed by atoms with van der Waals surface area (Å²) in [6.07, 6.45) is 0.897. The fourth-order valence-electron chi connectivity index (χ4n) is 1.22. The summed E-state index contributed by atoms with van der Waals surface area (Å²) in [5.74, 6) is 0. The maximum absolute atomic E-state index is 10.8. The SMILES string of the molecule is O=Cc1ccccc1SSc1ccccc1. The smallest absolute Gasteiger partial charge is 0.151 e. The molecule has 80 valence electrons. The number of aldehydes is 1. The average molecular weight is 246 g/mol. The van der Waals surface area contributed by atoms with Gasteiger partial charge in [-0.1, -0.05) is 58.0 Å². The molecule has 3 heteroatoms. The van der Waals surface area contributed by atoms with Crippen molar-refractivity contribution in [2.24, 2.45) is 0 Å². The lowest BCUT2D eigenvalue weighted by Gasteiger charge is -2.03. The average Bonchev–Trinajstić information content (AvgIpc) is 2.38. The van der Waals surface area contributed by atoms with E-state index in [4.69, 9.17) is 0 Å². The number of hydrogen-bond donors (Lipinski definition) is 0. The van der Waals surface area contributed by atoms with Crippen molar-refractivity contribution in [1.82, 2.24) is 0 Å². The van der Waals surface area contributed by atoms with Crippen LogP contribution in [0.15, 0.2) is 64.4 Å². The van der Waals surface area contributed by atoms with E-state index in [2.05, 4.69) is 12.1 Å². The van der Waals surface area contributed by atoms with Crippen LogP contribution in [0.4, 0.5) is 0 Å². The van der Waals surface area contributed by atoms with E-state index >= 15 is 0 Å². The lowest BCUT2D eigenvalue weighted by molar-refractivity contribution is 0.112. The van der Waals surface area contributed by atoms with E-state index in [0.717, 1.165) is 16.7 Å². The molecule has 0 bridgehead atoms. The Morgan fingerprint density at radius 3 is 2.25 bits per heavy atom. The fourth-order valence-corrected chi connectivity index (χ4v) is 3.37. The Morgan fingerprint density at radius 1 is 0.812 bits per heavy atom. The highest BCUT2D eigenvalue weighted by Gasteiger charge is 2.02. The zero-order chi connectivity index (χ0) is 11.2. The zero-order valence-electron chi connectivity index (χ0n) is 8.50. The van der Waals surface area contributed by atoms with Gasteiger partial charge in [0, 0.05) is 15.4 Å². The second-order valence-corrected chi connectivity index (χ2v) is 5.38. The van der Waals surface area contributed by atoms with Gasteiger partial charge in [-0.25, -0.2) is 0 Å². The zero-order valence-corrected chi connectivity index (χ0v) is 10.1. The summed E-state index contributed by atoms with van der Waals surface area (Å²) in [5.41, 5.74) is 0.746. The van der Waals surface area contributed by atoms with E-state index in [0.29, 0.717) is 0 Å². The lowest BCUT2D eigenvalue weighted by atomic mass is 10.2. The van der Waals surface area contributed by atoms with Crippen molar-refractivity contribution in [3.05, 3.63) is 60.2 Å². The normalized spacial score (nSPS) is 10.0. The first kappa shape index (κ1) is 11.3. The summed E-state index contributed by atoms with van der Waals surface area (Å²) in [6, 6.07) is 17.7. The van der Waals surface area contributed by atoms with Crippen LogP contribution < -0.4 is 0 Å². The van der Waals surface area contributed by atoms with E-state index in [9.17, 15) is 4.79 Å². The van der Waals surface area contributed by atoms with Gasteiger partial charge in [0.25, 0.3) is 0 Å². The minimum absolute atomic E-state index is 0.746. The molecule has 0 aliphatic rings. The Morgan fingerprint density at radius 2 is 1.50 bits per heavy atom. The quantitative estimate of drug-likeness (QED) is 0.591. The molecular formula is C13H10OS2. The molecule has 0 aliphatic heterocycles. The lowest BCUT2D eigenvalue weighted by Crippen LogP contribution is -1.81. The molecule has 1 nitrogen and oxygen atoms in total.